The van der Waals surface area contributed by atoms with Crippen molar-refractivity contribution in [2.45, 2.75) is 25.4 Å². The zero-order chi connectivity index (χ0) is 19.8. The van der Waals surface area contributed by atoms with Gasteiger partial charge in [0.2, 0.25) is 11.8 Å². The third-order valence-electron chi connectivity index (χ3n) is 3.34. The number of nitrogens with one attached hydrogen (secondary N) is 3. The molecule has 0 saturated heterocycles. The quantitative estimate of drug-likeness (QED) is 0.485. The molecule has 0 saturated carbocycles. The molecule has 1 aromatic heterocycles. The molecule has 0 unspecified atom stereocenters. The zero-order valence-electron chi connectivity index (χ0n) is 15.4. The van der Waals surface area contributed by atoms with Crippen molar-refractivity contribution in [2.24, 2.45) is 13.0 Å². The van der Waals surface area contributed by atoms with Crippen molar-refractivity contribution in [3.63, 3.8) is 0 Å². The van der Waals surface area contributed by atoms with Gasteiger partial charge in [-0.3, -0.25) is 25.2 Å². The van der Waals surface area contributed by atoms with Gasteiger partial charge in [-0.1, -0.05) is 25.6 Å². The Morgan fingerprint density at radius 1 is 1.11 bits per heavy atom. The highest BCUT2D eigenvalue weighted by Gasteiger charge is 2.10. The maximum Gasteiger partial charge on any atom is 0.269 e. The molecule has 3 amide bonds. The summed E-state index contributed by atoms with van der Waals surface area (Å²) < 4.78 is 1.73. The van der Waals surface area contributed by atoms with Crippen molar-refractivity contribution in [1.29, 1.82) is 0 Å². The van der Waals surface area contributed by atoms with E-state index in [1.807, 2.05) is 13.8 Å². The fourth-order valence-electron chi connectivity index (χ4n) is 2.06. The first-order chi connectivity index (χ1) is 12.8. The first-order valence-corrected chi connectivity index (χ1v) is 9.29. The SMILES string of the molecule is CC(C)CC(=O)NNC(=O)c1ccc(NC(=O)CSc2nncn2C)cc1. The van der Waals surface area contributed by atoms with Crippen LogP contribution in [-0.4, -0.2) is 38.2 Å². The summed E-state index contributed by atoms with van der Waals surface area (Å²) in [5.74, 6) is -0.473. The Balaban J connectivity index is 1.80. The third-order valence-corrected chi connectivity index (χ3v) is 4.38. The lowest BCUT2D eigenvalue weighted by Gasteiger charge is -2.09. The standard InChI is InChI=1S/C17H22N6O3S/c1-11(2)8-14(24)20-21-16(26)12-4-6-13(7-5-12)19-15(25)9-27-17-22-18-10-23(17)3/h4-7,10-11H,8-9H2,1-3H3,(H,19,25)(H,20,24)(H,21,26). The average molecular weight is 390 g/mol. The number of carbonyl (C=O) groups excluding carboxylic acids is 3. The molecule has 0 fully saturated rings. The molecule has 3 N–H and O–H groups in total. The van der Waals surface area contributed by atoms with E-state index in [-0.39, 0.29) is 23.5 Å². The summed E-state index contributed by atoms with van der Waals surface area (Å²) in [6.45, 7) is 3.83. The second-order valence-electron chi connectivity index (χ2n) is 6.24. The molecule has 10 heteroatoms. The monoisotopic (exact) mass is 390 g/mol. The Morgan fingerprint density at radius 3 is 2.41 bits per heavy atom. The van der Waals surface area contributed by atoms with Crippen LogP contribution in [-0.2, 0) is 16.6 Å². The number of hydrogen-bond donors (Lipinski definition) is 3. The van der Waals surface area contributed by atoms with E-state index in [1.54, 1.807) is 42.2 Å². The first-order valence-electron chi connectivity index (χ1n) is 8.31. The Morgan fingerprint density at radius 2 is 1.81 bits per heavy atom. The van der Waals surface area contributed by atoms with Crippen LogP contribution in [0.3, 0.4) is 0 Å². The second kappa shape index (κ2) is 9.72. The largest absolute Gasteiger partial charge is 0.325 e. The molecule has 0 bridgehead atoms. The lowest BCUT2D eigenvalue weighted by molar-refractivity contribution is -0.122. The van der Waals surface area contributed by atoms with Gasteiger partial charge in [0.05, 0.1) is 5.75 Å². The summed E-state index contributed by atoms with van der Waals surface area (Å²) >= 11 is 1.28. The highest BCUT2D eigenvalue weighted by molar-refractivity contribution is 7.99. The van der Waals surface area contributed by atoms with E-state index in [2.05, 4.69) is 26.4 Å². The minimum absolute atomic E-state index is 0.191. The highest BCUT2D eigenvalue weighted by atomic mass is 32.2. The zero-order valence-corrected chi connectivity index (χ0v) is 16.2. The van der Waals surface area contributed by atoms with Crippen LogP contribution in [0.5, 0.6) is 0 Å². The molecule has 0 spiro atoms. The predicted molar refractivity (Wildman–Crippen MR) is 102 cm³/mol. The lowest BCUT2D eigenvalue weighted by Crippen LogP contribution is -2.42. The van der Waals surface area contributed by atoms with Crippen molar-refractivity contribution >= 4 is 35.2 Å². The molecular weight excluding hydrogens is 368 g/mol. The van der Waals surface area contributed by atoms with Crippen LogP contribution in [0.15, 0.2) is 35.7 Å². The normalized spacial score (nSPS) is 10.5. The number of amides is 3. The smallest absolute Gasteiger partial charge is 0.269 e. The number of hydrogen-bond acceptors (Lipinski definition) is 6. The van der Waals surface area contributed by atoms with Gasteiger partial charge < -0.3 is 9.88 Å². The molecular formula is C17H22N6O3S. The predicted octanol–water partition coefficient (Wildman–Crippen LogP) is 1.35. The van der Waals surface area contributed by atoms with Gasteiger partial charge in [-0.15, -0.1) is 10.2 Å². The number of aromatic nitrogens is 3. The number of benzene rings is 1. The number of aryl methyl sites for hydroxylation is 1. The molecule has 144 valence electrons. The van der Waals surface area contributed by atoms with Gasteiger partial charge in [0.15, 0.2) is 5.16 Å². The maximum absolute atomic E-state index is 12.0. The molecule has 9 nitrogen and oxygen atoms in total. The van der Waals surface area contributed by atoms with Crippen LogP contribution in [0, 0.1) is 5.92 Å². The summed E-state index contributed by atoms with van der Waals surface area (Å²) in [5.41, 5.74) is 5.67. The van der Waals surface area contributed by atoms with Gasteiger partial charge in [-0.05, 0) is 30.2 Å². The van der Waals surface area contributed by atoms with E-state index in [9.17, 15) is 14.4 Å². The number of thioether (sulfide) groups is 1. The molecule has 1 aromatic carbocycles. The summed E-state index contributed by atoms with van der Waals surface area (Å²) in [6.07, 6.45) is 1.90. The van der Waals surface area contributed by atoms with E-state index in [4.69, 9.17) is 0 Å². The van der Waals surface area contributed by atoms with Gasteiger partial charge in [0.1, 0.15) is 6.33 Å². The van der Waals surface area contributed by atoms with Crippen LogP contribution >= 0.6 is 11.8 Å². The molecule has 2 aromatic rings. The summed E-state index contributed by atoms with van der Waals surface area (Å²) in [4.78, 5) is 35.5. The molecule has 0 radical (unpaired) electrons. The fraction of sp³-hybridized carbons (Fsp3) is 0.353. The van der Waals surface area contributed by atoms with Crippen LogP contribution in [0.1, 0.15) is 30.6 Å². The van der Waals surface area contributed by atoms with Crippen molar-refractivity contribution in [3.05, 3.63) is 36.2 Å². The summed E-state index contributed by atoms with van der Waals surface area (Å²) in [5, 5.41) is 11.0. The molecule has 27 heavy (non-hydrogen) atoms. The average Bonchev–Trinajstić information content (AvgIpc) is 3.03. The number of nitrogens with zero attached hydrogens (tertiary/aromatic N) is 3. The molecule has 0 aliphatic heterocycles. The molecule has 0 atom stereocenters. The fourth-order valence-corrected chi connectivity index (χ4v) is 2.74. The van der Waals surface area contributed by atoms with E-state index < -0.39 is 5.91 Å². The Kier molecular flexibility index (Phi) is 7.35. The van der Waals surface area contributed by atoms with E-state index >= 15 is 0 Å². The summed E-state index contributed by atoms with van der Waals surface area (Å²) in [7, 11) is 1.80. The van der Waals surface area contributed by atoms with Crippen molar-refractivity contribution in [1.82, 2.24) is 25.6 Å². The molecule has 2 rings (SSSR count). The minimum atomic E-state index is -0.428. The number of carbonyl (C=O) groups is 3. The van der Waals surface area contributed by atoms with Crippen molar-refractivity contribution in [2.75, 3.05) is 11.1 Å². The highest BCUT2D eigenvalue weighted by Crippen LogP contribution is 2.15. The molecule has 0 aliphatic rings. The molecule has 0 aliphatic carbocycles. The number of anilines is 1. The van der Waals surface area contributed by atoms with Gasteiger partial charge in [0.25, 0.3) is 5.91 Å². The van der Waals surface area contributed by atoms with Crippen LogP contribution in [0.25, 0.3) is 0 Å². The van der Waals surface area contributed by atoms with Gasteiger partial charge >= 0.3 is 0 Å². The topological polar surface area (TPSA) is 118 Å². The summed E-state index contributed by atoms with van der Waals surface area (Å²) in [6, 6.07) is 6.37. The second-order valence-corrected chi connectivity index (χ2v) is 7.18. The number of rotatable bonds is 7. The van der Waals surface area contributed by atoms with E-state index in [0.717, 1.165) is 0 Å². The van der Waals surface area contributed by atoms with Crippen molar-refractivity contribution in [3.8, 4) is 0 Å². The van der Waals surface area contributed by atoms with Gasteiger partial charge in [-0.2, -0.15) is 0 Å². The van der Waals surface area contributed by atoms with Crippen LogP contribution < -0.4 is 16.2 Å². The number of hydrazine groups is 1. The minimum Gasteiger partial charge on any atom is -0.325 e. The first kappa shape index (κ1) is 20.4. The van der Waals surface area contributed by atoms with Crippen LogP contribution in [0.4, 0.5) is 5.69 Å². The van der Waals surface area contributed by atoms with Crippen molar-refractivity contribution < 1.29 is 14.4 Å². The third kappa shape index (κ3) is 6.74. The Labute approximate surface area is 161 Å². The van der Waals surface area contributed by atoms with Gasteiger partial charge in [-0.25, -0.2) is 0 Å². The van der Waals surface area contributed by atoms with Gasteiger partial charge in [0, 0.05) is 24.7 Å². The maximum atomic E-state index is 12.0. The van der Waals surface area contributed by atoms with E-state index in [0.29, 0.717) is 22.8 Å². The molecule has 1 heterocycles. The Hall–Kier alpha value is -2.88. The van der Waals surface area contributed by atoms with Crippen LogP contribution in [0.2, 0.25) is 0 Å². The Bertz CT molecular complexity index is 803. The lowest BCUT2D eigenvalue weighted by atomic mass is 10.1. The van der Waals surface area contributed by atoms with E-state index in [1.165, 1.54) is 11.8 Å².